The molecule has 2 N–H and O–H groups in total. The number of anilines is 1. The van der Waals surface area contributed by atoms with Gasteiger partial charge in [-0.25, -0.2) is 5.01 Å². The van der Waals surface area contributed by atoms with E-state index >= 15 is 0 Å². The molecule has 2 amide bonds. The molecule has 0 aliphatic carbocycles. The van der Waals surface area contributed by atoms with Crippen molar-refractivity contribution < 1.29 is 19.5 Å². The molecule has 4 rings (SSSR count). The Labute approximate surface area is 154 Å². The number of fused-ring (bicyclic) bond motifs is 1. The second-order valence-electron chi connectivity index (χ2n) is 6.10. The minimum Gasteiger partial charge on any atom is -0.480 e. The van der Waals surface area contributed by atoms with Crippen molar-refractivity contribution in [2.24, 2.45) is 0 Å². The van der Waals surface area contributed by atoms with Crippen molar-refractivity contribution in [3.05, 3.63) is 71.9 Å². The predicted octanol–water partition coefficient (Wildman–Crippen LogP) is 2.19. The van der Waals surface area contributed by atoms with Gasteiger partial charge in [0, 0.05) is 22.7 Å². The number of amides is 2. The SMILES string of the molecule is O=C(O)Cn1cc(/C=C2\C(=O)NN(c3ccccc3)C2=O)c2ccccc21. The van der Waals surface area contributed by atoms with Crippen molar-refractivity contribution in [3.8, 4) is 0 Å². The summed E-state index contributed by atoms with van der Waals surface area (Å²) in [7, 11) is 0. The molecule has 1 saturated heterocycles. The smallest absolute Gasteiger partial charge is 0.323 e. The number of nitrogens with zero attached hydrogens (tertiary/aromatic N) is 2. The Morgan fingerprint density at radius 1 is 1.04 bits per heavy atom. The predicted molar refractivity (Wildman–Crippen MR) is 99.6 cm³/mol. The lowest BCUT2D eigenvalue weighted by molar-refractivity contribution is -0.137. The van der Waals surface area contributed by atoms with E-state index in [-0.39, 0.29) is 12.1 Å². The van der Waals surface area contributed by atoms with Crippen molar-refractivity contribution in [1.82, 2.24) is 9.99 Å². The van der Waals surface area contributed by atoms with Gasteiger partial charge in [-0.1, -0.05) is 36.4 Å². The quantitative estimate of drug-likeness (QED) is 0.550. The summed E-state index contributed by atoms with van der Waals surface area (Å²) in [6.07, 6.45) is 3.14. The number of hydrogen-bond acceptors (Lipinski definition) is 3. The first kappa shape index (κ1) is 16.6. The normalized spacial score (nSPS) is 15.6. The van der Waals surface area contributed by atoms with Crippen LogP contribution in [0.4, 0.5) is 5.69 Å². The molecule has 1 aromatic heterocycles. The average Bonchev–Trinajstić information content (AvgIpc) is 3.15. The molecule has 1 aliphatic heterocycles. The molecule has 2 aromatic carbocycles. The highest BCUT2D eigenvalue weighted by atomic mass is 16.4. The van der Waals surface area contributed by atoms with Crippen LogP contribution in [0.25, 0.3) is 17.0 Å². The van der Waals surface area contributed by atoms with E-state index in [0.717, 1.165) is 10.9 Å². The number of aromatic nitrogens is 1. The number of benzene rings is 2. The van der Waals surface area contributed by atoms with Crippen LogP contribution < -0.4 is 10.4 Å². The third kappa shape index (κ3) is 2.95. The minimum atomic E-state index is -0.972. The number of rotatable bonds is 4. The number of carboxylic acids is 1. The first-order chi connectivity index (χ1) is 13.0. The van der Waals surface area contributed by atoms with Gasteiger partial charge in [-0.15, -0.1) is 0 Å². The van der Waals surface area contributed by atoms with Gasteiger partial charge in [-0.05, 0) is 24.3 Å². The highest BCUT2D eigenvalue weighted by Crippen LogP contribution is 2.26. The van der Waals surface area contributed by atoms with E-state index < -0.39 is 17.8 Å². The van der Waals surface area contributed by atoms with E-state index in [2.05, 4.69) is 5.43 Å². The van der Waals surface area contributed by atoms with E-state index in [1.165, 1.54) is 11.1 Å². The largest absolute Gasteiger partial charge is 0.480 e. The lowest BCUT2D eigenvalue weighted by atomic mass is 10.1. The molecule has 7 nitrogen and oxygen atoms in total. The molecule has 7 heteroatoms. The van der Waals surface area contributed by atoms with Gasteiger partial charge in [0.05, 0.1) is 5.69 Å². The number of nitrogens with one attached hydrogen (secondary N) is 1. The highest BCUT2D eigenvalue weighted by Gasteiger charge is 2.34. The number of para-hydroxylation sites is 2. The zero-order valence-corrected chi connectivity index (χ0v) is 14.1. The fourth-order valence-corrected chi connectivity index (χ4v) is 3.14. The van der Waals surface area contributed by atoms with Crippen LogP contribution in [0.3, 0.4) is 0 Å². The summed E-state index contributed by atoms with van der Waals surface area (Å²) in [6, 6.07) is 16.1. The molecule has 27 heavy (non-hydrogen) atoms. The van der Waals surface area contributed by atoms with Crippen LogP contribution in [0.1, 0.15) is 5.56 Å². The van der Waals surface area contributed by atoms with Gasteiger partial charge in [-0.3, -0.25) is 19.8 Å². The number of hydrazine groups is 1. The Bertz CT molecular complexity index is 1100. The highest BCUT2D eigenvalue weighted by molar-refractivity contribution is 6.32. The second kappa shape index (κ2) is 6.45. The zero-order chi connectivity index (χ0) is 19.0. The van der Waals surface area contributed by atoms with Crippen molar-refractivity contribution in [2.75, 3.05) is 5.01 Å². The van der Waals surface area contributed by atoms with Crippen LogP contribution in [0, 0.1) is 0 Å². The van der Waals surface area contributed by atoms with Crippen molar-refractivity contribution in [3.63, 3.8) is 0 Å². The lowest BCUT2D eigenvalue weighted by Crippen LogP contribution is -2.35. The maximum Gasteiger partial charge on any atom is 0.323 e. The molecule has 0 atom stereocenters. The topological polar surface area (TPSA) is 91.6 Å². The Kier molecular flexibility index (Phi) is 3.97. The first-order valence-electron chi connectivity index (χ1n) is 8.26. The zero-order valence-electron chi connectivity index (χ0n) is 14.1. The number of carbonyl (C=O) groups excluding carboxylic acids is 2. The third-order valence-electron chi connectivity index (χ3n) is 4.33. The van der Waals surface area contributed by atoms with Crippen LogP contribution >= 0.6 is 0 Å². The van der Waals surface area contributed by atoms with Crippen molar-refractivity contribution >= 4 is 40.4 Å². The summed E-state index contributed by atoms with van der Waals surface area (Å²) in [5, 5.41) is 11.1. The average molecular weight is 361 g/mol. The molecule has 0 saturated carbocycles. The molecule has 3 aromatic rings. The van der Waals surface area contributed by atoms with Gasteiger partial charge in [-0.2, -0.15) is 0 Å². The van der Waals surface area contributed by atoms with E-state index in [1.54, 1.807) is 41.1 Å². The van der Waals surface area contributed by atoms with E-state index in [9.17, 15) is 14.4 Å². The minimum absolute atomic E-state index is 0.00270. The maximum absolute atomic E-state index is 12.7. The van der Waals surface area contributed by atoms with Gasteiger partial charge < -0.3 is 9.67 Å². The standard InChI is InChI=1S/C20H15N3O4/c24-18(25)12-22-11-13(15-8-4-5-9-17(15)22)10-16-19(26)21-23(20(16)27)14-6-2-1-3-7-14/h1-11H,12H2,(H,21,26)(H,24,25)/b16-10+. The molecule has 0 spiro atoms. The summed E-state index contributed by atoms with van der Waals surface area (Å²) in [5.41, 5.74) is 4.44. The molecule has 2 heterocycles. The fraction of sp³-hybridized carbons (Fsp3) is 0.0500. The monoisotopic (exact) mass is 361 g/mol. The third-order valence-corrected chi connectivity index (χ3v) is 4.33. The maximum atomic E-state index is 12.7. The summed E-state index contributed by atoms with van der Waals surface area (Å²) in [5.74, 6) is -1.93. The summed E-state index contributed by atoms with van der Waals surface area (Å²) >= 11 is 0. The number of hydrogen-bond donors (Lipinski definition) is 2. The molecule has 0 unspecified atom stereocenters. The Balaban J connectivity index is 1.76. The molecular weight excluding hydrogens is 346 g/mol. The van der Waals surface area contributed by atoms with Crippen LogP contribution in [-0.4, -0.2) is 27.5 Å². The van der Waals surface area contributed by atoms with Crippen LogP contribution in [-0.2, 0) is 20.9 Å². The molecule has 1 fully saturated rings. The number of carboxylic acid groups (broad SMARTS) is 1. The Morgan fingerprint density at radius 3 is 2.48 bits per heavy atom. The van der Waals surface area contributed by atoms with Crippen molar-refractivity contribution in [2.45, 2.75) is 6.54 Å². The van der Waals surface area contributed by atoms with E-state index in [1.807, 2.05) is 24.3 Å². The summed E-state index contributed by atoms with van der Waals surface area (Å²) < 4.78 is 1.58. The first-order valence-corrected chi connectivity index (χ1v) is 8.26. The van der Waals surface area contributed by atoms with Crippen LogP contribution in [0.2, 0.25) is 0 Å². The summed E-state index contributed by atoms with van der Waals surface area (Å²) in [6.45, 7) is -0.208. The van der Waals surface area contributed by atoms with Crippen LogP contribution in [0.5, 0.6) is 0 Å². The second-order valence-corrected chi connectivity index (χ2v) is 6.10. The molecular formula is C20H15N3O4. The van der Waals surface area contributed by atoms with Gasteiger partial charge in [0.25, 0.3) is 11.8 Å². The van der Waals surface area contributed by atoms with Gasteiger partial charge in [0.1, 0.15) is 12.1 Å². The molecule has 0 bridgehead atoms. The van der Waals surface area contributed by atoms with Crippen molar-refractivity contribution in [1.29, 1.82) is 0 Å². The van der Waals surface area contributed by atoms with Gasteiger partial charge >= 0.3 is 5.97 Å². The molecule has 0 radical (unpaired) electrons. The van der Waals surface area contributed by atoms with Gasteiger partial charge in [0.2, 0.25) is 0 Å². The number of carbonyl (C=O) groups is 3. The molecule has 134 valence electrons. The Morgan fingerprint density at radius 2 is 1.74 bits per heavy atom. The Hall–Kier alpha value is -3.87. The summed E-state index contributed by atoms with van der Waals surface area (Å²) in [4.78, 5) is 36.2. The lowest BCUT2D eigenvalue weighted by Gasteiger charge is -2.13. The fourth-order valence-electron chi connectivity index (χ4n) is 3.14. The van der Waals surface area contributed by atoms with E-state index in [4.69, 9.17) is 5.11 Å². The number of aliphatic carboxylic acids is 1. The van der Waals surface area contributed by atoms with E-state index in [0.29, 0.717) is 11.3 Å². The molecule has 1 aliphatic rings. The van der Waals surface area contributed by atoms with Crippen LogP contribution in [0.15, 0.2) is 66.4 Å². The van der Waals surface area contributed by atoms with Gasteiger partial charge in [0.15, 0.2) is 0 Å².